The van der Waals surface area contributed by atoms with Crippen LogP contribution in [0.2, 0.25) is 0 Å². The van der Waals surface area contributed by atoms with Crippen LogP contribution in [0.3, 0.4) is 0 Å². The third-order valence-electron chi connectivity index (χ3n) is 5.04. The van der Waals surface area contributed by atoms with Crippen LogP contribution < -0.4 is 5.32 Å². The summed E-state index contributed by atoms with van der Waals surface area (Å²) < 4.78 is 9.04. The summed E-state index contributed by atoms with van der Waals surface area (Å²) in [4.78, 5) is 7.30. The maximum atomic E-state index is 5.46. The number of rotatable bonds is 6. The van der Waals surface area contributed by atoms with Crippen LogP contribution in [0.25, 0.3) is 11.0 Å². The maximum absolute atomic E-state index is 5.46. The summed E-state index contributed by atoms with van der Waals surface area (Å²) in [6.07, 6.45) is 7.55. The van der Waals surface area contributed by atoms with Crippen LogP contribution in [0.1, 0.15) is 6.42 Å². The molecule has 0 saturated carbocycles. The van der Waals surface area contributed by atoms with Gasteiger partial charge in [0.05, 0.1) is 24.2 Å². The Labute approximate surface area is 162 Å². The molecule has 2 aromatic rings. The second kappa shape index (κ2) is 8.37. The van der Waals surface area contributed by atoms with Crippen LogP contribution in [0.5, 0.6) is 0 Å². The average molecular weight is 417 g/mol. The first-order chi connectivity index (χ1) is 12.8. The quantitative estimate of drug-likeness (QED) is 0.780. The van der Waals surface area contributed by atoms with E-state index in [9.17, 15) is 0 Å². The van der Waals surface area contributed by atoms with Crippen LogP contribution in [-0.2, 0) is 11.3 Å². The molecule has 1 fully saturated rings. The Morgan fingerprint density at radius 3 is 2.88 bits per heavy atom. The molecule has 1 aliphatic carbocycles. The number of para-hydroxylation sites is 2. The van der Waals surface area contributed by atoms with E-state index in [4.69, 9.17) is 9.72 Å². The van der Waals surface area contributed by atoms with E-state index < -0.39 is 0 Å². The SMILES string of the molecule is BrC1=CC=CC(CNc2nc3ccccc3n2CCN2CCOCC2)C1. The van der Waals surface area contributed by atoms with Crippen molar-refractivity contribution in [2.24, 2.45) is 5.92 Å². The molecule has 1 saturated heterocycles. The van der Waals surface area contributed by atoms with Crippen molar-refractivity contribution in [3.05, 3.63) is 47.0 Å². The van der Waals surface area contributed by atoms with Gasteiger partial charge >= 0.3 is 0 Å². The minimum absolute atomic E-state index is 0.488. The Bertz CT molecular complexity index is 807. The molecule has 2 heterocycles. The fraction of sp³-hybridized carbons (Fsp3) is 0.450. The van der Waals surface area contributed by atoms with Crippen LogP contribution in [0, 0.1) is 5.92 Å². The lowest BCUT2D eigenvalue weighted by molar-refractivity contribution is 0.0366. The molecule has 1 aromatic carbocycles. The van der Waals surface area contributed by atoms with Crippen molar-refractivity contribution in [1.29, 1.82) is 0 Å². The topological polar surface area (TPSA) is 42.3 Å². The molecule has 2 aliphatic rings. The molecule has 0 bridgehead atoms. The van der Waals surface area contributed by atoms with Gasteiger partial charge in [-0.1, -0.05) is 46.3 Å². The summed E-state index contributed by atoms with van der Waals surface area (Å²) in [6, 6.07) is 8.39. The molecule has 26 heavy (non-hydrogen) atoms. The summed E-state index contributed by atoms with van der Waals surface area (Å²) in [5.41, 5.74) is 2.25. The number of anilines is 1. The molecule has 0 radical (unpaired) electrons. The summed E-state index contributed by atoms with van der Waals surface area (Å²) in [5.74, 6) is 1.46. The van der Waals surface area contributed by atoms with Crippen molar-refractivity contribution in [1.82, 2.24) is 14.5 Å². The maximum Gasteiger partial charge on any atom is 0.203 e. The van der Waals surface area contributed by atoms with E-state index in [0.29, 0.717) is 5.92 Å². The summed E-state index contributed by atoms with van der Waals surface area (Å²) >= 11 is 3.61. The standard InChI is InChI=1S/C20H25BrN4O/c21-17-5-3-4-16(14-17)15-22-20-23-18-6-1-2-7-19(18)25(20)9-8-24-10-12-26-13-11-24/h1-7,16H,8-15H2,(H,22,23). The molecule has 0 spiro atoms. The van der Waals surface area contributed by atoms with Gasteiger partial charge in [-0.05, 0) is 29.0 Å². The zero-order valence-corrected chi connectivity index (χ0v) is 16.5. The van der Waals surface area contributed by atoms with Crippen LogP contribution in [-0.4, -0.2) is 53.8 Å². The highest BCUT2D eigenvalue weighted by molar-refractivity contribution is 9.11. The zero-order chi connectivity index (χ0) is 17.8. The number of nitrogens with zero attached hydrogens (tertiary/aromatic N) is 3. The molecule has 4 rings (SSSR count). The second-order valence-electron chi connectivity index (χ2n) is 6.87. The fourth-order valence-corrected chi connectivity index (χ4v) is 4.14. The second-order valence-corrected chi connectivity index (χ2v) is 7.89. The Morgan fingerprint density at radius 1 is 1.19 bits per heavy atom. The lowest BCUT2D eigenvalue weighted by atomic mass is 10.0. The Hall–Kier alpha value is -1.63. The van der Waals surface area contributed by atoms with E-state index in [0.717, 1.165) is 63.8 Å². The summed E-state index contributed by atoms with van der Waals surface area (Å²) in [6.45, 7) is 6.56. The fourth-order valence-electron chi connectivity index (χ4n) is 3.57. The lowest BCUT2D eigenvalue weighted by Crippen LogP contribution is -2.38. The molecule has 1 aliphatic heterocycles. The molecule has 1 N–H and O–H groups in total. The van der Waals surface area contributed by atoms with E-state index in [1.165, 1.54) is 10.00 Å². The number of imidazole rings is 1. The predicted molar refractivity (Wildman–Crippen MR) is 110 cm³/mol. The number of benzene rings is 1. The van der Waals surface area contributed by atoms with Gasteiger partial charge in [0.1, 0.15) is 0 Å². The first kappa shape index (κ1) is 17.8. The molecule has 138 valence electrons. The van der Waals surface area contributed by atoms with Gasteiger partial charge < -0.3 is 14.6 Å². The minimum atomic E-state index is 0.488. The van der Waals surface area contributed by atoms with Crippen molar-refractivity contribution in [2.75, 3.05) is 44.7 Å². The molecule has 0 amide bonds. The number of morpholine rings is 1. The normalized spacial score (nSPS) is 21.1. The Morgan fingerprint density at radius 2 is 2.04 bits per heavy atom. The molecular weight excluding hydrogens is 392 g/mol. The molecule has 6 heteroatoms. The van der Waals surface area contributed by atoms with Gasteiger partial charge in [0.2, 0.25) is 5.95 Å². The number of aromatic nitrogens is 2. The highest BCUT2D eigenvalue weighted by Gasteiger charge is 2.16. The monoisotopic (exact) mass is 416 g/mol. The van der Waals surface area contributed by atoms with Gasteiger partial charge in [-0.25, -0.2) is 4.98 Å². The van der Waals surface area contributed by atoms with Crippen molar-refractivity contribution >= 4 is 32.9 Å². The van der Waals surface area contributed by atoms with E-state index in [2.05, 4.69) is 73.2 Å². The highest BCUT2D eigenvalue weighted by Crippen LogP contribution is 2.24. The van der Waals surface area contributed by atoms with Gasteiger partial charge in [0, 0.05) is 32.7 Å². The summed E-state index contributed by atoms with van der Waals surface area (Å²) in [5, 5.41) is 3.59. The third-order valence-corrected chi connectivity index (χ3v) is 5.63. The number of fused-ring (bicyclic) bond motifs is 1. The Kier molecular flexibility index (Phi) is 5.72. The van der Waals surface area contributed by atoms with Crippen molar-refractivity contribution < 1.29 is 4.74 Å². The van der Waals surface area contributed by atoms with Crippen molar-refractivity contribution in [3.63, 3.8) is 0 Å². The molecule has 5 nitrogen and oxygen atoms in total. The molecule has 1 atom stereocenters. The van der Waals surface area contributed by atoms with Crippen LogP contribution in [0.15, 0.2) is 47.0 Å². The average Bonchev–Trinajstić information content (AvgIpc) is 3.03. The van der Waals surface area contributed by atoms with Crippen LogP contribution >= 0.6 is 15.9 Å². The Balaban J connectivity index is 1.47. The largest absolute Gasteiger partial charge is 0.379 e. The molecular formula is C20H25BrN4O. The van der Waals surface area contributed by atoms with Crippen LogP contribution in [0.4, 0.5) is 5.95 Å². The van der Waals surface area contributed by atoms with E-state index in [1.807, 2.05) is 0 Å². The van der Waals surface area contributed by atoms with Gasteiger partial charge in [-0.2, -0.15) is 0 Å². The first-order valence-corrected chi connectivity index (χ1v) is 10.1. The number of halogens is 1. The first-order valence-electron chi connectivity index (χ1n) is 9.32. The number of ether oxygens (including phenoxy) is 1. The van der Waals surface area contributed by atoms with Gasteiger partial charge in [-0.3, -0.25) is 4.90 Å². The van der Waals surface area contributed by atoms with Gasteiger partial charge in [-0.15, -0.1) is 0 Å². The number of hydrogen-bond acceptors (Lipinski definition) is 4. The van der Waals surface area contributed by atoms with Gasteiger partial charge in [0.25, 0.3) is 0 Å². The van der Waals surface area contributed by atoms with E-state index in [-0.39, 0.29) is 0 Å². The molecule has 1 unspecified atom stereocenters. The third kappa shape index (κ3) is 4.19. The number of nitrogens with one attached hydrogen (secondary N) is 1. The molecule has 1 aromatic heterocycles. The van der Waals surface area contributed by atoms with Gasteiger partial charge in [0.15, 0.2) is 0 Å². The van der Waals surface area contributed by atoms with Crippen molar-refractivity contribution in [2.45, 2.75) is 13.0 Å². The zero-order valence-electron chi connectivity index (χ0n) is 14.9. The number of hydrogen-bond donors (Lipinski definition) is 1. The highest BCUT2D eigenvalue weighted by atomic mass is 79.9. The van der Waals surface area contributed by atoms with Crippen molar-refractivity contribution in [3.8, 4) is 0 Å². The summed E-state index contributed by atoms with van der Waals surface area (Å²) in [7, 11) is 0. The minimum Gasteiger partial charge on any atom is -0.379 e. The van der Waals surface area contributed by atoms with E-state index >= 15 is 0 Å². The smallest absolute Gasteiger partial charge is 0.203 e. The number of allylic oxidation sites excluding steroid dienone is 3. The predicted octanol–water partition coefficient (Wildman–Crippen LogP) is 3.64. The van der Waals surface area contributed by atoms with E-state index in [1.54, 1.807) is 0 Å². The lowest BCUT2D eigenvalue weighted by Gasteiger charge is -2.27.